The summed E-state index contributed by atoms with van der Waals surface area (Å²) in [7, 11) is 0. The highest BCUT2D eigenvalue weighted by atomic mass is 16.5. The number of rotatable bonds is 28. The van der Waals surface area contributed by atoms with Gasteiger partial charge in [-0.3, -0.25) is 0 Å². The molecule has 0 saturated carbocycles. The van der Waals surface area contributed by atoms with Crippen LogP contribution < -0.4 is 0 Å². The molecule has 0 aliphatic rings. The number of esters is 2. The Balaban J connectivity index is -0.000000719. The molecule has 0 amide bonds. The van der Waals surface area contributed by atoms with Gasteiger partial charge < -0.3 is 14.6 Å². The molecule has 0 aliphatic carbocycles. The smallest absolute Gasteiger partial charge is 0.333 e. The standard InChI is InChI=1S/C22H42O2.C14H26O2.C3H4O2/c1-4-5-6-7-8-9-10-11-12-13-14-15-16-17-18-19-20-24-22(23)21(2)3;1-12(2)10-8-6-5-7-9-11-16-14(15)13(3)4;1-2-3(4)5/h2,4-20H2,1,3H3;12H,3,5-11H2,1-2,4H3;2H,1H2,(H,4,5). The van der Waals surface area contributed by atoms with Crippen molar-refractivity contribution in [2.75, 3.05) is 13.2 Å². The van der Waals surface area contributed by atoms with Crippen molar-refractivity contribution in [3.8, 4) is 0 Å². The lowest BCUT2D eigenvalue weighted by atomic mass is 10.0. The Hall–Kier alpha value is -2.37. The normalized spacial score (nSPS) is 10.2. The van der Waals surface area contributed by atoms with Crippen molar-refractivity contribution in [3.63, 3.8) is 0 Å². The van der Waals surface area contributed by atoms with Gasteiger partial charge in [0.2, 0.25) is 0 Å². The van der Waals surface area contributed by atoms with Gasteiger partial charge in [-0.2, -0.15) is 0 Å². The van der Waals surface area contributed by atoms with Crippen LogP contribution in [0.3, 0.4) is 0 Å². The number of carbonyl (C=O) groups excluding carboxylic acids is 2. The maximum absolute atomic E-state index is 11.2. The van der Waals surface area contributed by atoms with E-state index >= 15 is 0 Å². The van der Waals surface area contributed by atoms with Gasteiger partial charge in [-0.25, -0.2) is 14.4 Å². The van der Waals surface area contributed by atoms with Crippen molar-refractivity contribution in [1.82, 2.24) is 0 Å². The summed E-state index contributed by atoms with van der Waals surface area (Å²) in [4.78, 5) is 31.5. The van der Waals surface area contributed by atoms with Crippen LogP contribution in [0.1, 0.15) is 176 Å². The monoisotopic (exact) mass is 637 g/mol. The number of hydrogen-bond acceptors (Lipinski definition) is 5. The summed E-state index contributed by atoms with van der Waals surface area (Å²) in [5, 5.41) is 7.60. The number of carboxylic acid groups (broad SMARTS) is 1. The Morgan fingerprint density at radius 3 is 1.09 bits per heavy atom. The van der Waals surface area contributed by atoms with Gasteiger partial charge in [0, 0.05) is 17.2 Å². The van der Waals surface area contributed by atoms with E-state index in [-0.39, 0.29) is 11.9 Å². The molecule has 0 bridgehead atoms. The molecular weight excluding hydrogens is 564 g/mol. The zero-order valence-corrected chi connectivity index (χ0v) is 30.2. The molecule has 0 aromatic rings. The highest BCUT2D eigenvalue weighted by Crippen LogP contribution is 2.14. The predicted octanol–water partition coefficient (Wildman–Crippen LogP) is 11.7. The minimum Gasteiger partial charge on any atom is -0.478 e. The quantitative estimate of drug-likeness (QED) is 0.0522. The maximum atomic E-state index is 11.2. The van der Waals surface area contributed by atoms with E-state index in [1.54, 1.807) is 13.8 Å². The van der Waals surface area contributed by atoms with E-state index in [4.69, 9.17) is 14.6 Å². The van der Waals surface area contributed by atoms with Gasteiger partial charge in [0.1, 0.15) is 0 Å². The Morgan fingerprint density at radius 2 is 0.844 bits per heavy atom. The van der Waals surface area contributed by atoms with E-state index in [0.29, 0.717) is 24.4 Å². The average Bonchev–Trinajstić information content (AvgIpc) is 3.00. The van der Waals surface area contributed by atoms with Crippen LogP contribution in [0.5, 0.6) is 0 Å². The first-order valence-corrected chi connectivity index (χ1v) is 18.0. The molecule has 0 atom stereocenters. The van der Waals surface area contributed by atoms with Gasteiger partial charge in [-0.1, -0.05) is 169 Å². The number of hydrogen-bond donors (Lipinski definition) is 1. The van der Waals surface area contributed by atoms with Crippen molar-refractivity contribution in [2.24, 2.45) is 5.92 Å². The van der Waals surface area contributed by atoms with Gasteiger partial charge in [-0.15, -0.1) is 0 Å². The van der Waals surface area contributed by atoms with E-state index in [0.717, 1.165) is 31.3 Å². The second kappa shape index (κ2) is 37.8. The number of unbranched alkanes of at least 4 members (excludes halogenated alkanes) is 19. The van der Waals surface area contributed by atoms with E-state index in [9.17, 15) is 14.4 Å². The van der Waals surface area contributed by atoms with Crippen LogP contribution in [0.15, 0.2) is 37.0 Å². The number of carbonyl (C=O) groups is 3. The SMILES string of the molecule is C=C(C)C(=O)OCCCCCCCC(C)C.C=C(C)C(=O)OCCCCCCCCCCCCCCCCCC.C=CC(=O)O. The largest absolute Gasteiger partial charge is 0.478 e. The molecule has 45 heavy (non-hydrogen) atoms. The van der Waals surface area contributed by atoms with Crippen LogP contribution in [-0.4, -0.2) is 36.2 Å². The second-order valence-electron chi connectivity index (χ2n) is 12.6. The van der Waals surface area contributed by atoms with Crippen molar-refractivity contribution in [2.45, 2.75) is 176 Å². The zero-order valence-electron chi connectivity index (χ0n) is 30.2. The summed E-state index contributed by atoms with van der Waals surface area (Å²) in [5.41, 5.74) is 0.975. The molecule has 0 fully saturated rings. The fraction of sp³-hybridized carbons (Fsp3) is 0.769. The molecule has 0 aliphatic heterocycles. The van der Waals surface area contributed by atoms with Gasteiger partial charge in [0.25, 0.3) is 0 Å². The Morgan fingerprint density at radius 1 is 0.578 bits per heavy atom. The predicted molar refractivity (Wildman–Crippen MR) is 191 cm³/mol. The van der Waals surface area contributed by atoms with Crippen LogP contribution in [-0.2, 0) is 23.9 Å². The molecule has 0 heterocycles. The lowest BCUT2D eigenvalue weighted by Gasteiger charge is -2.05. The molecule has 0 unspecified atom stereocenters. The molecule has 1 N–H and O–H groups in total. The summed E-state index contributed by atoms with van der Waals surface area (Å²) in [6.07, 6.45) is 29.9. The van der Waals surface area contributed by atoms with Crippen LogP contribution in [0.2, 0.25) is 0 Å². The minimum atomic E-state index is -0.981. The molecule has 264 valence electrons. The summed E-state index contributed by atoms with van der Waals surface area (Å²) < 4.78 is 10.1. The maximum Gasteiger partial charge on any atom is 0.333 e. The van der Waals surface area contributed by atoms with Crippen molar-refractivity contribution < 1.29 is 29.0 Å². The van der Waals surface area contributed by atoms with Gasteiger partial charge in [-0.05, 0) is 32.6 Å². The summed E-state index contributed by atoms with van der Waals surface area (Å²) in [6.45, 7) is 21.3. The van der Waals surface area contributed by atoms with Gasteiger partial charge in [0.05, 0.1) is 13.2 Å². The second-order valence-corrected chi connectivity index (χ2v) is 12.6. The molecule has 6 nitrogen and oxygen atoms in total. The highest BCUT2D eigenvalue weighted by molar-refractivity contribution is 5.87. The van der Waals surface area contributed by atoms with Crippen LogP contribution >= 0.6 is 0 Å². The first kappa shape index (κ1) is 47.0. The van der Waals surface area contributed by atoms with Crippen molar-refractivity contribution in [1.29, 1.82) is 0 Å². The number of ether oxygens (including phenoxy) is 2. The minimum absolute atomic E-state index is 0.254. The van der Waals surface area contributed by atoms with Crippen molar-refractivity contribution in [3.05, 3.63) is 37.0 Å². The number of aliphatic carboxylic acids is 1. The first-order valence-electron chi connectivity index (χ1n) is 18.0. The molecule has 0 saturated heterocycles. The highest BCUT2D eigenvalue weighted by Gasteiger charge is 2.03. The molecule has 0 radical (unpaired) electrons. The van der Waals surface area contributed by atoms with Crippen LogP contribution in [0, 0.1) is 5.92 Å². The Labute approximate surface area is 278 Å². The fourth-order valence-electron chi connectivity index (χ4n) is 4.41. The topological polar surface area (TPSA) is 89.9 Å². The molecule has 0 spiro atoms. The van der Waals surface area contributed by atoms with Gasteiger partial charge >= 0.3 is 17.9 Å². The van der Waals surface area contributed by atoms with E-state index in [1.165, 1.54) is 122 Å². The van der Waals surface area contributed by atoms with E-state index < -0.39 is 5.97 Å². The van der Waals surface area contributed by atoms with Gasteiger partial charge in [0.15, 0.2) is 0 Å². The van der Waals surface area contributed by atoms with Crippen LogP contribution in [0.25, 0.3) is 0 Å². The molecule has 0 aromatic carbocycles. The number of carboxylic acids is 1. The summed E-state index contributed by atoms with van der Waals surface area (Å²) in [5.74, 6) is -0.683. The Kier molecular flexibility index (Phi) is 39.5. The summed E-state index contributed by atoms with van der Waals surface area (Å²) >= 11 is 0. The molecular formula is C39H72O6. The summed E-state index contributed by atoms with van der Waals surface area (Å²) in [6, 6.07) is 0. The van der Waals surface area contributed by atoms with E-state index in [2.05, 4.69) is 40.5 Å². The lowest BCUT2D eigenvalue weighted by molar-refractivity contribution is -0.139. The zero-order chi connectivity index (χ0) is 34.6. The average molecular weight is 637 g/mol. The fourth-order valence-corrected chi connectivity index (χ4v) is 4.41. The first-order chi connectivity index (χ1) is 21.5. The molecule has 0 aromatic heterocycles. The Bertz CT molecular complexity index is 740. The van der Waals surface area contributed by atoms with E-state index in [1.807, 2.05) is 0 Å². The third-order valence-electron chi connectivity index (χ3n) is 7.26. The molecule has 0 rings (SSSR count). The third-order valence-corrected chi connectivity index (χ3v) is 7.26. The lowest BCUT2D eigenvalue weighted by Crippen LogP contribution is -2.05. The third kappa shape index (κ3) is 46.2. The van der Waals surface area contributed by atoms with Crippen LogP contribution in [0.4, 0.5) is 0 Å². The van der Waals surface area contributed by atoms with Crippen molar-refractivity contribution >= 4 is 17.9 Å². The molecule has 6 heteroatoms.